The highest BCUT2D eigenvalue weighted by molar-refractivity contribution is 4.71. The van der Waals surface area contributed by atoms with Gasteiger partial charge in [-0.2, -0.15) is 0 Å². The molecule has 2 N–H and O–H groups in total. The molecule has 3 unspecified atom stereocenters. The van der Waals surface area contributed by atoms with Crippen molar-refractivity contribution in [1.82, 2.24) is 5.32 Å². The molecule has 3 heteroatoms. The highest BCUT2D eigenvalue weighted by Gasteiger charge is 2.17. The molecule has 1 fully saturated rings. The first-order valence-electron chi connectivity index (χ1n) is 7.16. The Morgan fingerprint density at radius 3 is 2.53 bits per heavy atom. The molecule has 0 aromatic rings. The van der Waals surface area contributed by atoms with E-state index in [4.69, 9.17) is 4.74 Å². The van der Waals surface area contributed by atoms with E-state index in [2.05, 4.69) is 26.1 Å². The molecule has 0 heterocycles. The van der Waals surface area contributed by atoms with E-state index in [1.165, 1.54) is 32.1 Å². The zero-order valence-electron chi connectivity index (χ0n) is 11.6. The first-order valence-corrected chi connectivity index (χ1v) is 7.16. The van der Waals surface area contributed by atoms with E-state index in [0.717, 1.165) is 0 Å². The highest BCUT2D eigenvalue weighted by atomic mass is 16.5. The zero-order valence-corrected chi connectivity index (χ0v) is 11.6. The summed E-state index contributed by atoms with van der Waals surface area (Å²) < 4.78 is 5.69. The summed E-state index contributed by atoms with van der Waals surface area (Å²) in [6.45, 7) is 7.73. The van der Waals surface area contributed by atoms with Crippen LogP contribution in [0.15, 0.2) is 0 Å². The minimum Gasteiger partial charge on any atom is -0.389 e. The van der Waals surface area contributed by atoms with E-state index >= 15 is 0 Å². The van der Waals surface area contributed by atoms with Crippen molar-refractivity contribution in [3.05, 3.63) is 0 Å². The first-order chi connectivity index (χ1) is 8.13. The molecule has 0 aromatic heterocycles. The van der Waals surface area contributed by atoms with Crippen molar-refractivity contribution in [2.45, 2.75) is 71.1 Å². The molecule has 102 valence electrons. The smallest absolute Gasteiger partial charge is 0.0897 e. The summed E-state index contributed by atoms with van der Waals surface area (Å²) >= 11 is 0. The maximum Gasteiger partial charge on any atom is 0.0897 e. The van der Waals surface area contributed by atoms with Crippen molar-refractivity contribution >= 4 is 0 Å². The fourth-order valence-corrected chi connectivity index (χ4v) is 2.24. The van der Waals surface area contributed by atoms with Gasteiger partial charge in [0.2, 0.25) is 0 Å². The molecule has 0 saturated heterocycles. The summed E-state index contributed by atoms with van der Waals surface area (Å²) in [7, 11) is 0. The van der Waals surface area contributed by atoms with Crippen molar-refractivity contribution in [3.8, 4) is 0 Å². The molecule has 17 heavy (non-hydrogen) atoms. The van der Waals surface area contributed by atoms with Gasteiger partial charge in [-0.1, -0.05) is 33.1 Å². The Balaban J connectivity index is 2.05. The van der Waals surface area contributed by atoms with Crippen LogP contribution < -0.4 is 5.32 Å². The minimum absolute atomic E-state index is 0.373. The second-order valence-corrected chi connectivity index (χ2v) is 5.48. The minimum atomic E-state index is -0.373. The van der Waals surface area contributed by atoms with Gasteiger partial charge < -0.3 is 15.2 Å². The number of aliphatic hydroxyl groups is 1. The topological polar surface area (TPSA) is 41.5 Å². The molecule has 3 nitrogen and oxygen atoms in total. The van der Waals surface area contributed by atoms with E-state index in [9.17, 15) is 5.11 Å². The summed E-state index contributed by atoms with van der Waals surface area (Å²) in [6, 6.07) is 0.459. The van der Waals surface area contributed by atoms with Crippen LogP contribution in [0.1, 0.15) is 52.9 Å². The lowest BCUT2D eigenvalue weighted by Gasteiger charge is -2.22. The van der Waals surface area contributed by atoms with E-state index in [1.54, 1.807) is 0 Å². The summed E-state index contributed by atoms with van der Waals surface area (Å²) in [6.07, 6.45) is 6.10. The van der Waals surface area contributed by atoms with Gasteiger partial charge in [0.15, 0.2) is 0 Å². The van der Waals surface area contributed by atoms with Gasteiger partial charge in [-0.05, 0) is 25.7 Å². The number of nitrogens with one attached hydrogen (secondary N) is 1. The maximum atomic E-state index is 9.83. The number of aliphatic hydroxyl groups excluding tert-OH is 1. The third kappa shape index (κ3) is 5.84. The molecule has 0 spiro atoms. The van der Waals surface area contributed by atoms with Crippen LogP contribution in [-0.4, -0.2) is 36.5 Å². The van der Waals surface area contributed by atoms with Gasteiger partial charge in [-0.25, -0.2) is 0 Å². The SMILES string of the molecule is CCC(C)C(C)NCC(O)COC1CCCC1. The number of ether oxygens (including phenoxy) is 1. The number of rotatable bonds is 8. The van der Waals surface area contributed by atoms with Crippen LogP contribution in [0.25, 0.3) is 0 Å². The second-order valence-electron chi connectivity index (χ2n) is 5.48. The Morgan fingerprint density at radius 2 is 1.94 bits per heavy atom. The Kier molecular flexibility index (Phi) is 7.09. The molecule has 1 aliphatic carbocycles. The standard InChI is InChI=1S/C14H29NO2/c1-4-11(2)12(3)15-9-13(16)10-17-14-7-5-6-8-14/h11-16H,4-10H2,1-3H3. The molecular weight excluding hydrogens is 214 g/mol. The largest absolute Gasteiger partial charge is 0.389 e. The molecule has 1 rings (SSSR count). The van der Waals surface area contributed by atoms with Crippen LogP contribution in [0.4, 0.5) is 0 Å². The maximum absolute atomic E-state index is 9.83. The van der Waals surface area contributed by atoms with Gasteiger partial charge in [0.25, 0.3) is 0 Å². The molecule has 1 saturated carbocycles. The van der Waals surface area contributed by atoms with Crippen LogP contribution in [0.5, 0.6) is 0 Å². The lowest BCUT2D eigenvalue weighted by molar-refractivity contribution is -0.00656. The van der Waals surface area contributed by atoms with Crippen LogP contribution in [0.3, 0.4) is 0 Å². The molecule has 0 aliphatic heterocycles. The molecule has 3 atom stereocenters. The molecule has 0 aromatic carbocycles. The predicted octanol–water partition coefficient (Wildman–Crippen LogP) is 2.33. The second kappa shape index (κ2) is 8.06. The van der Waals surface area contributed by atoms with E-state index in [1.807, 2.05) is 0 Å². The molecule has 0 amide bonds. The Hall–Kier alpha value is -0.120. The Morgan fingerprint density at radius 1 is 1.29 bits per heavy atom. The predicted molar refractivity (Wildman–Crippen MR) is 71.1 cm³/mol. The molecular formula is C14H29NO2. The molecule has 0 bridgehead atoms. The van der Waals surface area contributed by atoms with Crippen LogP contribution in [-0.2, 0) is 4.74 Å². The van der Waals surface area contributed by atoms with Crippen molar-refractivity contribution < 1.29 is 9.84 Å². The van der Waals surface area contributed by atoms with Gasteiger partial charge in [0, 0.05) is 12.6 Å². The normalized spacial score (nSPS) is 22.6. The third-order valence-electron chi connectivity index (χ3n) is 4.00. The summed E-state index contributed by atoms with van der Waals surface area (Å²) in [5.41, 5.74) is 0. The van der Waals surface area contributed by atoms with Gasteiger partial charge in [0.1, 0.15) is 0 Å². The van der Waals surface area contributed by atoms with E-state index < -0.39 is 0 Å². The van der Waals surface area contributed by atoms with Crippen molar-refractivity contribution in [1.29, 1.82) is 0 Å². The average Bonchev–Trinajstić information content (AvgIpc) is 2.85. The lowest BCUT2D eigenvalue weighted by Crippen LogP contribution is -2.39. The van der Waals surface area contributed by atoms with Crippen LogP contribution in [0, 0.1) is 5.92 Å². The average molecular weight is 243 g/mol. The number of hydrogen-bond acceptors (Lipinski definition) is 3. The van der Waals surface area contributed by atoms with E-state index in [-0.39, 0.29) is 6.10 Å². The summed E-state index contributed by atoms with van der Waals surface area (Å²) in [5, 5.41) is 13.2. The van der Waals surface area contributed by atoms with Crippen LogP contribution >= 0.6 is 0 Å². The van der Waals surface area contributed by atoms with Gasteiger partial charge in [0.05, 0.1) is 18.8 Å². The van der Waals surface area contributed by atoms with Crippen molar-refractivity contribution in [2.75, 3.05) is 13.2 Å². The Bertz CT molecular complexity index is 193. The third-order valence-corrected chi connectivity index (χ3v) is 4.00. The number of hydrogen-bond donors (Lipinski definition) is 2. The quantitative estimate of drug-likeness (QED) is 0.687. The first kappa shape index (κ1) is 14.9. The summed E-state index contributed by atoms with van der Waals surface area (Å²) in [4.78, 5) is 0. The lowest BCUT2D eigenvalue weighted by atomic mass is 10.0. The Labute approximate surface area is 106 Å². The highest BCUT2D eigenvalue weighted by Crippen LogP contribution is 2.20. The molecule has 0 radical (unpaired) electrons. The zero-order chi connectivity index (χ0) is 12.7. The van der Waals surface area contributed by atoms with Gasteiger partial charge in [-0.15, -0.1) is 0 Å². The van der Waals surface area contributed by atoms with Gasteiger partial charge in [-0.3, -0.25) is 0 Å². The van der Waals surface area contributed by atoms with Crippen molar-refractivity contribution in [2.24, 2.45) is 5.92 Å². The summed E-state index contributed by atoms with van der Waals surface area (Å²) in [5.74, 6) is 0.651. The fourth-order valence-electron chi connectivity index (χ4n) is 2.24. The molecule has 1 aliphatic rings. The monoisotopic (exact) mass is 243 g/mol. The van der Waals surface area contributed by atoms with Crippen LogP contribution in [0.2, 0.25) is 0 Å². The van der Waals surface area contributed by atoms with Crippen molar-refractivity contribution in [3.63, 3.8) is 0 Å². The van der Waals surface area contributed by atoms with Gasteiger partial charge >= 0.3 is 0 Å². The van der Waals surface area contributed by atoms with E-state index in [0.29, 0.717) is 31.2 Å². The fraction of sp³-hybridized carbons (Fsp3) is 1.00.